The van der Waals surface area contributed by atoms with Gasteiger partial charge in [0.25, 0.3) is 11.6 Å². The molecule has 0 aliphatic rings. The van der Waals surface area contributed by atoms with Crippen molar-refractivity contribution >= 4 is 17.3 Å². The number of aromatic nitrogens is 3. The molecule has 0 radical (unpaired) electrons. The molecule has 0 fully saturated rings. The SMILES string of the molecule is CCn1cnnc1-c1cccc(NC(=O)c2ccc([N+](=O)[O-])cc2)c1. The van der Waals surface area contributed by atoms with Crippen molar-refractivity contribution in [1.29, 1.82) is 0 Å². The van der Waals surface area contributed by atoms with E-state index in [0.717, 1.165) is 12.1 Å². The van der Waals surface area contributed by atoms with Crippen LogP contribution >= 0.6 is 0 Å². The predicted molar refractivity (Wildman–Crippen MR) is 92.2 cm³/mol. The number of carbonyl (C=O) groups excluding carboxylic acids is 1. The number of anilines is 1. The number of hydrogen-bond donors (Lipinski definition) is 1. The molecule has 1 N–H and O–H groups in total. The van der Waals surface area contributed by atoms with E-state index in [2.05, 4.69) is 15.5 Å². The van der Waals surface area contributed by atoms with Crippen molar-refractivity contribution in [1.82, 2.24) is 14.8 Å². The molecule has 1 heterocycles. The molecule has 1 amide bonds. The van der Waals surface area contributed by atoms with Crippen LogP contribution in [0.5, 0.6) is 0 Å². The Bertz CT molecular complexity index is 918. The maximum Gasteiger partial charge on any atom is 0.269 e. The first-order chi connectivity index (χ1) is 12.1. The highest BCUT2D eigenvalue weighted by Gasteiger charge is 2.11. The lowest BCUT2D eigenvalue weighted by Gasteiger charge is -2.08. The molecule has 0 atom stereocenters. The van der Waals surface area contributed by atoms with Crippen molar-refractivity contribution in [2.75, 3.05) is 5.32 Å². The minimum atomic E-state index is -0.505. The van der Waals surface area contributed by atoms with Gasteiger partial charge in [-0.05, 0) is 31.2 Å². The summed E-state index contributed by atoms with van der Waals surface area (Å²) < 4.78 is 1.90. The van der Waals surface area contributed by atoms with Crippen molar-refractivity contribution in [2.45, 2.75) is 13.5 Å². The lowest BCUT2D eigenvalue weighted by Crippen LogP contribution is -2.11. The van der Waals surface area contributed by atoms with Gasteiger partial charge < -0.3 is 9.88 Å². The summed E-state index contributed by atoms with van der Waals surface area (Å²) in [6, 6.07) is 12.7. The summed E-state index contributed by atoms with van der Waals surface area (Å²) in [4.78, 5) is 22.5. The average Bonchev–Trinajstić information content (AvgIpc) is 3.11. The minimum absolute atomic E-state index is 0.0579. The molecule has 0 spiro atoms. The summed E-state index contributed by atoms with van der Waals surface area (Å²) in [5.41, 5.74) is 1.72. The normalized spacial score (nSPS) is 10.4. The second kappa shape index (κ2) is 6.91. The summed E-state index contributed by atoms with van der Waals surface area (Å²) >= 11 is 0. The predicted octanol–water partition coefficient (Wildman–Crippen LogP) is 3.13. The monoisotopic (exact) mass is 337 g/mol. The zero-order chi connectivity index (χ0) is 17.8. The molecule has 0 bridgehead atoms. The maximum atomic E-state index is 12.3. The number of nitro benzene ring substituents is 1. The van der Waals surface area contributed by atoms with E-state index in [9.17, 15) is 14.9 Å². The van der Waals surface area contributed by atoms with Crippen molar-refractivity contribution in [3.63, 3.8) is 0 Å². The molecule has 1 aromatic heterocycles. The number of nitrogens with zero attached hydrogens (tertiary/aromatic N) is 4. The number of benzene rings is 2. The fourth-order valence-corrected chi connectivity index (χ4v) is 2.38. The van der Waals surface area contributed by atoms with Gasteiger partial charge in [0.2, 0.25) is 0 Å². The van der Waals surface area contributed by atoms with Crippen LogP contribution in [0.1, 0.15) is 17.3 Å². The van der Waals surface area contributed by atoms with E-state index in [0.29, 0.717) is 17.1 Å². The Hall–Kier alpha value is -3.55. The van der Waals surface area contributed by atoms with Crippen molar-refractivity contribution < 1.29 is 9.72 Å². The number of aryl methyl sites for hydroxylation is 1. The Morgan fingerprint density at radius 1 is 1.24 bits per heavy atom. The molecular formula is C17H15N5O3. The molecule has 8 nitrogen and oxygen atoms in total. The first kappa shape index (κ1) is 16.3. The van der Waals surface area contributed by atoms with Crippen molar-refractivity contribution in [3.05, 3.63) is 70.5 Å². The molecule has 0 unspecified atom stereocenters. The number of hydrogen-bond acceptors (Lipinski definition) is 5. The number of nitrogens with one attached hydrogen (secondary N) is 1. The zero-order valence-electron chi connectivity index (χ0n) is 13.4. The summed E-state index contributed by atoms with van der Waals surface area (Å²) in [5.74, 6) is 0.373. The van der Waals surface area contributed by atoms with Gasteiger partial charge >= 0.3 is 0 Å². The number of rotatable bonds is 5. The Labute approximate surface area is 143 Å². The molecule has 3 aromatic rings. The van der Waals surface area contributed by atoms with Crippen LogP contribution in [0.4, 0.5) is 11.4 Å². The molecule has 0 saturated heterocycles. The van der Waals surface area contributed by atoms with Crippen molar-refractivity contribution in [3.8, 4) is 11.4 Å². The van der Waals surface area contributed by atoms with Crippen LogP contribution in [0.25, 0.3) is 11.4 Å². The molecule has 0 saturated carbocycles. The van der Waals surface area contributed by atoms with E-state index in [1.807, 2.05) is 23.6 Å². The quantitative estimate of drug-likeness (QED) is 0.569. The highest BCUT2D eigenvalue weighted by atomic mass is 16.6. The highest BCUT2D eigenvalue weighted by Crippen LogP contribution is 2.21. The number of carbonyl (C=O) groups is 1. The van der Waals surface area contributed by atoms with E-state index in [1.54, 1.807) is 18.5 Å². The van der Waals surface area contributed by atoms with Crippen LogP contribution in [0.2, 0.25) is 0 Å². The molecule has 3 rings (SSSR count). The third-order valence-corrected chi connectivity index (χ3v) is 3.68. The van der Waals surface area contributed by atoms with Gasteiger partial charge in [0.15, 0.2) is 5.82 Å². The van der Waals surface area contributed by atoms with Crippen LogP contribution in [0.15, 0.2) is 54.9 Å². The van der Waals surface area contributed by atoms with Gasteiger partial charge in [-0.1, -0.05) is 12.1 Å². The zero-order valence-corrected chi connectivity index (χ0v) is 13.4. The van der Waals surface area contributed by atoms with Crippen LogP contribution < -0.4 is 5.32 Å². The van der Waals surface area contributed by atoms with E-state index in [4.69, 9.17) is 0 Å². The maximum absolute atomic E-state index is 12.3. The highest BCUT2D eigenvalue weighted by molar-refractivity contribution is 6.04. The van der Waals surface area contributed by atoms with Gasteiger partial charge in [-0.2, -0.15) is 0 Å². The first-order valence-electron chi connectivity index (χ1n) is 7.62. The molecule has 8 heteroatoms. The third kappa shape index (κ3) is 3.52. The van der Waals surface area contributed by atoms with E-state index < -0.39 is 4.92 Å². The third-order valence-electron chi connectivity index (χ3n) is 3.68. The Morgan fingerprint density at radius 2 is 2.00 bits per heavy atom. The van der Waals surface area contributed by atoms with Gasteiger partial charge in [0, 0.05) is 35.5 Å². The lowest BCUT2D eigenvalue weighted by molar-refractivity contribution is -0.384. The van der Waals surface area contributed by atoms with Gasteiger partial charge in [-0.15, -0.1) is 10.2 Å². The van der Waals surface area contributed by atoms with Crippen molar-refractivity contribution in [2.24, 2.45) is 0 Å². The molecule has 126 valence electrons. The Morgan fingerprint density at radius 3 is 2.68 bits per heavy atom. The molecule has 2 aromatic carbocycles. The standard InChI is InChI=1S/C17H15N5O3/c1-2-21-11-18-20-16(21)13-4-3-5-14(10-13)19-17(23)12-6-8-15(9-7-12)22(24)25/h3-11H,2H2,1H3,(H,19,23). The van der Waals surface area contributed by atoms with Gasteiger partial charge in [0.05, 0.1) is 4.92 Å². The van der Waals surface area contributed by atoms with Crippen LogP contribution in [-0.4, -0.2) is 25.6 Å². The fraction of sp³-hybridized carbons (Fsp3) is 0.118. The van der Waals surface area contributed by atoms with Crippen LogP contribution in [0, 0.1) is 10.1 Å². The molecule has 0 aliphatic carbocycles. The summed E-state index contributed by atoms with van der Waals surface area (Å²) in [6.07, 6.45) is 1.65. The topological polar surface area (TPSA) is 103 Å². The van der Waals surface area contributed by atoms with Gasteiger partial charge in [-0.25, -0.2) is 0 Å². The van der Waals surface area contributed by atoms with Gasteiger partial charge in [-0.3, -0.25) is 14.9 Å². The largest absolute Gasteiger partial charge is 0.322 e. The Balaban J connectivity index is 1.80. The first-order valence-corrected chi connectivity index (χ1v) is 7.62. The number of non-ortho nitro benzene ring substituents is 1. The summed E-state index contributed by atoms with van der Waals surface area (Å²) in [5, 5.41) is 21.4. The second-order valence-corrected chi connectivity index (χ2v) is 5.28. The fourth-order valence-electron chi connectivity index (χ4n) is 2.38. The smallest absolute Gasteiger partial charge is 0.269 e. The number of nitro groups is 1. The van der Waals surface area contributed by atoms with Crippen LogP contribution in [-0.2, 0) is 6.54 Å². The lowest BCUT2D eigenvalue weighted by atomic mass is 10.1. The minimum Gasteiger partial charge on any atom is -0.322 e. The number of amides is 1. The van der Waals surface area contributed by atoms with E-state index in [-0.39, 0.29) is 11.6 Å². The molecule has 0 aliphatic heterocycles. The summed E-state index contributed by atoms with van der Waals surface area (Å²) in [6.45, 7) is 2.73. The van der Waals surface area contributed by atoms with Gasteiger partial charge in [0.1, 0.15) is 6.33 Å². The molecular weight excluding hydrogens is 322 g/mol. The molecule has 25 heavy (non-hydrogen) atoms. The summed E-state index contributed by atoms with van der Waals surface area (Å²) in [7, 11) is 0. The van der Waals surface area contributed by atoms with Crippen LogP contribution in [0.3, 0.4) is 0 Å². The Kier molecular flexibility index (Phi) is 4.51. The average molecular weight is 337 g/mol. The van der Waals surface area contributed by atoms with E-state index in [1.165, 1.54) is 24.3 Å². The van der Waals surface area contributed by atoms with E-state index >= 15 is 0 Å². The second-order valence-electron chi connectivity index (χ2n) is 5.28.